The van der Waals surface area contributed by atoms with Crippen molar-refractivity contribution in [1.29, 1.82) is 0 Å². The van der Waals surface area contributed by atoms with Crippen LogP contribution < -0.4 is 10.1 Å². The molecule has 130 valence electrons. The third kappa shape index (κ3) is 5.46. The number of hydrogen-bond acceptors (Lipinski definition) is 3. The van der Waals surface area contributed by atoms with Gasteiger partial charge < -0.3 is 15.0 Å². The lowest BCUT2D eigenvalue weighted by Crippen LogP contribution is -2.33. The Hall–Kier alpha value is -3.15. The van der Waals surface area contributed by atoms with Crippen molar-refractivity contribution in [1.82, 2.24) is 4.90 Å². The number of benzene rings is 2. The van der Waals surface area contributed by atoms with E-state index in [1.54, 1.807) is 49.6 Å². The smallest absolute Gasteiger partial charge is 0.246 e. The third-order valence-corrected chi connectivity index (χ3v) is 3.44. The summed E-state index contributed by atoms with van der Waals surface area (Å²) >= 11 is 0. The Labute approximate surface area is 145 Å². The lowest BCUT2D eigenvalue weighted by Gasteiger charge is -2.15. The summed E-state index contributed by atoms with van der Waals surface area (Å²) in [6.45, 7) is -0.119. The average molecular weight is 342 g/mol. The van der Waals surface area contributed by atoms with Gasteiger partial charge in [0.2, 0.25) is 11.8 Å². The van der Waals surface area contributed by atoms with Crippen molar-refractivity contribution in [2.24, 2.45) is 0 Å². The van der Waals surface area contributed by atoms with E-state index in [9.17, 15) is 14.0 Å². The number of nitrogens with zero attached hydrogens (tertiary/aromatic N) is 1. The molecule has 0 aromatic heterocycles. The third-order valence-electron chi connectivity index (χ3n) is 3.44. The number of anilines is 1. The van der Waals surface area contributed by atoms with Gasteiger partial charge in [-0.05, 0) is 36.4 Å². The monoisotopic (exact) mass is 342 g/mol. The normalized spacial score (nSPS) is 10.5. The zero-order valence-electron chi connectivity index (χ0n) is 14.0. The van der Waals surface area contributed by atoms with E-state index in [1.165, 1.54) is 30.2 Å². The zero-order valence-corrected chi connectivity index (χ0v) is 14.0. The molecule has 0 radical (unpaired) electrons. The number of likely N-dealkylation sites (N-methyl/N-ethyl adjacent to an activating group) is 1. The van der Waals surface area contributed by atoms with E-state index in [4.69, 9.17) is 4.74 Å². The maximum absolute atomic E-state index is 13.5. The Morgan fingerprint density at radius 1 is 1.16 bits per heavy atom. The van der Waals surface area contributed by atoms with Crippen LogP contribution in [-0.2, 0) is 9.59 Å². The second-order valence-corrected chi connectivity index (χ2v) is 5.33. The number of halogens is 1. The van der Waals surface area contributed by atoms with Crippen molar-refractivity contribution in [2.45, 2.75) is 0 Å². The first-order valence-electron chi connectivity index (χ1n) is 7.61. The number of carbonyl (C=O) groups excluding carboxylic acids is 2. The highest BCUT2D eigenvalue weighted by Crippen LogP contribution is 2.15. The van der Waals surface area contributed by atoms with Crippen LogP contribution in [0.2, 0.25) is 0 Å². The van der Waals surface area contributed by atoms with Crippen LogP contribution in [0.25, 0.3) is 6.08 Å². The van der Waals surface area contributed by atoms with Gasteiger partial charge in [-0.1, -0.05) is 18.2 Å². The largest absolute Gasteiger partial charge is 0.497 e. The van der Waals surface area contributed by atoms with Gasteiger partial charge in [0.25, 0.3) is 0 Å². The molecule has 5 nitrogen and oxygen atoms in total. The highest BCUT2D eigenvalue weighted by Gasteiger charge is 2.11. The van der Waals surface area contributed by atoms with Gasteiger partial charge in [0, 0.05) is 24.4 Å². The Morgan fingerprint density at radius 3 is 2.48 bits per heavy atom. The van der Waals surface area contributed by atoms with Crippen LogP contribution in [0.1, 0.15) is 5.56 Å². The van der Waals surface area contributed by atoms with Crippen molar-refractivity contribution in [3.63, 3.8) is 0 Å². The summed E-state index contributed by atoms with van der Waals surface area (Å²) in [5.74, 6) is -0.455. The molecule has 0 bridgehead atoms. The predicted molar refractivity (Wildman–Crippen MR) is 94.7 cm³/mol. The van der Waals surface area contributed by atoms with Crippen LogP contribution >= 0.6 is 0 Å². The molecular formula is C19H19FN2O3. The molecule has 0 saturated carbocycles. The van der Waals surface area contributed by atoms with E-state index in [2.05, 4.69) is 5.32 Å². The van der Waals surface area contributed by atoms with Gasteiger partial charge in [0.15, 0.2) is 0 Å². The molecule has 0 saturated heterocycles. The van der Waals surface area contributed by atoms with Crippen LogP contribution in [0.4, 0.5) is 10.1 Å². The Balaban J connectivity index is 1.89. The van der Waals surface area contributed by atoms with Gasteiger partial charge in [-0.2, -0.15) is 0 Å². The maximum atomic E-state index is 13.5. The minimum Gasteiger partial charge on any atom is -0.497 e. The van der Waals surface area contributed by atoms with Gasteiger partial charge in [0.1, 0.15) is 11.6 Å². The maximum Gasteiger partial charge on any atom is 0.246 e. The molecule has 0 atom stereocenters. The number of ether oxygens (including phenoxy) is 1. The summed E-state index contributed by atoms with van der Waals surface area (Å²) in [6.07, 6.45) is 2.62. The number of nitrogens with one attached hydrogen (secondary N) is 1. The summed E-state index contributed by atoms with van der Waals surface area (Å²) in [7, 11) is 3.06. The van der Waals surface area contributed by atoms with Crippen molar-refractivity contribution < 1.29 is 18.7 Å². The van der Waals surface area contributed by atoms with E-state index >= 15 is 0 Å². The van der Waals surface area contributed by atoms with Crippen molar-refractivity contribution >= 4 is 23.6 Å². The summed E-state index contributed by atoms with van der Waals surface area (Å²) < 4.78 is 18.5. The van der Waals surface area contributed by atoms with E-state index < -0.39 is 11.7 Å². The predicted octanol–water partition coefficient (Wildman–Crippen LogP) is 2.94. The minimum absolute atomic E-state index is 0.119. The van der Waals surface area contributed by atoms with Gasteiger partial charge in [-0.3, -0.25) is 9.59 Å². The van der Waals surface area contributed by atoms with Crippen LogP contribution in [-0.4, -0.2) is 37.4 Å². The SMILES string of the molecule is COc1ccc(NC(=O)CN(C)C(=O)/C=C/c2ccccc2F)cc1. The topological polar surface area (TPSA) is 58.6 Å². The fourth-order valence-corrected chi connectivity index (χ4v) is 2.07. The van der Waals surface area contributed by atoms with E-state index in [1.807, 2.05) is 0 Å². The highest BCUT2D eigenvalue weighted by molar-refractivity contribution is 5.97. The van der Waals surface area contributed by atoms with Gasteiger partial charge >= 0.3 is 0 Å². The quantitative estimate of drug-likeness (QED) is 0.821. The van der Waals surface area contributed by atoms with Crippen LogP contribution in [0.3, 0.4) is 0 Å². The van der Waals surface area contributed by atoms with Crippen LogP contribution in [0, 0.1) is 5.82 Å². The summed E-state index contributed by atoms with van der Waals surface area (Å²) in [6, 6.07) is 13.0. The molecule has 6 heteroatoms. The Kier molecular flexibility index (Phi) is 6.28. The molecule has 1 N–H and O–H groups in total. The fourth-order valence-electron chi connectivity index (χ4n) is 2.07. The molecule has 0 aliphatic rings. The zero-order chi connectivity index (χ0) is 18.2. The standard InChI is InChI=1S/C19H19FN2O3/c1-22(19(24)12-7-14-5-3-4-6-17(14)20)13-18(23)21-15-8-10-16(25-2)11-9-15/h3-12H,13H2,1-2H3,(H,21,23)/b12-7+. The molecule has 0 spiro atoms. The molecule has 0 fully saturated rings. The Bertz CT molecular complexity index is 772. The molecule has 0 aliphatic carbocycles. The first-order valence-corrected chi connectivity index (χ1v) is 7.61. The highest BCUT2D eigenvalue weighted by atomic mass is 19.1. The molecule has 0 aliphatic heterocycles. The molecule has 2 aromatic rings. The second-order valence-electron chi connectivity index (χ2n) is 5.33. The number of amides is 2. The lowest BCUT2D eigenvalue weighted by molar-refractivity contribution is -0.129. The minimum atomic E-state index is -0.411. The van der Waals surface area contributed by atoms with Gasteiger partial charge in [-0.25, -0.2) is 4.39 Å². The molecule has 2 aromatic carbocycles. The van der Waals surface area contributed by atoms with Crippen molar-refractivity contribution in [2.75, 3.05) is 26.0 Å². The molecule has 0 heterocycles. The van der Waals surface area contributed by atoms with E-state index in [-0.39, 0.29) is 12.5 Å². The van der Waals surface area contributed by atoms with Crippen LogP contribution in [0.5, 0.6) is 5.75 Å². The van der Waals surface area contributed by atoms with Gasteiger partial charge in [0.05, 0.1) is 13.7 Å². The molecule has 0 unspecified atom stereocenters. The number of rotatable bonds is 6. The summed E-state index contributed by atoms with van der Waals surface area (Å²) in [4.78, 5) is 25.3. The number of methoxy groups -OCH3 is 1. The van der Waals surface area contributed by atoms with E-state index in [0.29, 0.717) is 17.0 Å². The number of carbonyl (C=O) groups is 2. The molecule has 25 heavy (non-hydrogen) atoms. The van der Waals surface area contributed by atoms with Crippen molar-refractivity contribution in [3.8, 4) is 5.75 Å². The molecular weight excluding hydrogens is 323 g/mol. The first-order chi connectivity index (χ1) is 12.0. The lowest BCUT2D eigenvalue weighted by atomic mass is 10.2. The summed E-state index contributed by atoms with van der Waals surface area (Å²) in [5.41, 5.74) is 0.917. The number of hydrogen-bond donors (Lipinski definition) is 1. The molecule has 2 rings (SSSR count). The fraction of sp³-hybridized carbons (Fsp3) is 0.158. The Morgan fingerprint density at radius 2 is 1.84 bits per heavy atom. The first kappa shape index (κ1) is 18.2. The van der Waals surface area contributed by atoms with Gasteiger partial charge in [-0.15, -0.1) is 0 Å². The van der Waals surface area contributed by atoms with E-state index in [0.717, 1.165) is 0 Å². The van der Waals surface area contributed by atoms with Crippen molar-refractivity contribution in [3.05, 3.63) is 66.0 Å². The second kappa shape index (κ2) is 8.63. The molecule has 2 amide bonds. The summed E-state index contributed by atoms with van der Waals surface area (Å²) in [5, 5.41) is 2.69. The van der Waals surface area contributed by atoms with Crippen LogP contribution in [0.15, 0.2) is 54.6 Å². The average Bonchev–Trinajstić information content (AvgIpc) is 2.61.